The normalized spacial score (nSPS) is 14.2. The van der Waals surface area contributed by atoms with Crippen molar-refractivity contribution in [3.05, 3.63) is 0 Å². The average Bonchev–Trinajstić information content (AvgIpc) is 2.94. The van der Waals surface area contributed by atoms with Crippen LogP contribution in [-0.4, -0.2) is 108 Å². The molecule has 7 amide bonds. The number of primary amides is 1. The molecule has 0 unspecified atom stereocenters. The van der Waals surface area contributed by atoms with E-state index in [2.05, 4.69) is 31.9 Å². The van der Waals surface area contributed by atoms with Crippen LogP contribution < -0.4 is 43.4 Å². The molecule has 0 aromatic heterocycles. The van der Waals surface area contributed by atoms with Crippen molar-refractivity contribution in [1.82, 2.24) is 31.9 Å². The van der Waals surface area contributed by atoms with E-state index in [-0.39, 0.29) is 31.6 Å². The monoisotopic (exact) mass is 646 g/mol. The summed E-state index contributed by atoms with van der Waals surface area (Å²) in [6, 6.07) is -5.43. The third kappa shape index (κ3) is 17.3. The Morgan fingerprint density at radius 3 is 1.70 bits per heavy atom. The highest BCUT2D eigenvalue weighted by Crippen LogP contribution is 2.06. The van der Waals surface area contributed by atoms with Gasteiger partial charge in [-0.15, -0.1) is 0 Å². The lowest BCUT2D eigenvalue weighted by Gasteiger charge is -2.23. The highest BCUT2D eigenvalue weighted by atomic mass is 32.2. The number of rotatable bonds is 21. The second kappa shape index (κ2) is 20.9. The molecule has 44 heavy (non-hydrogen) atoms. The third-order valence-corrected chi connectivity index (χ3v) is 6.64. The van der Waals surface area contributed by atoms with Crippen molar-refractivity contribution in [2.75, 3.05) is 25.1 Å². The highest BCUT2D eigenvalue weighted by molar-refractivity contribution is 7.98. The van der Waals surface area contributed by atoms with E-state index in [0.717, 1.165) is 0 Å². The first-order valence-corrected chi connectivity index (χ1v) is 15.4. The van der Waals surface area contributed by atoms with Crippen molar-refractivity contribution in [2.24, 2.45) is 17.4 Å². The molecule has 0 radical (unpaired) electrons. The number of carboxylic acids is 1. The van der Waals surface area contributed by atoms with Gasteiger partial charge in [0.05, 0.1) is 19.1 Å². The Morgan fingerprint density at radius 2 is 1.20 bits per heavy atom. The van der Waals surface area contributed by atoms with E-state index in [0.29, 0.717) is 5.75 Å². The lowest BCUT2D eigenvalue weighted by molar-refractivity contribution is -0.141. The van der Waals surface area contributed by atoms with Gasteiger partial charge < -0.3 is 48.5 Å². The first kappa shape index (κ1) is 40.1. The summed E-state index contributed by atoms with van der Waals surface area (Å²) in [6.07, 6.45) is 2.11. The van der Waals surface area contributed by atoms with E-state index >= 15 is 0 Å². The van der Waals surface area contributed by atoms with Crippen molar-refractivity contribution < 1.29 is 43.5 Å². The number of thioether (sulfide) groups is 1. The Balaban J connectivity index is 4.90. The van der Waals surface area contributed by atoms with Gasteiger partial charge in [0.25, 0.3) is 0 Å². The lowest BCUT2D eigenvalue weighted by atomic mass is 10.0. The zero-order chi connectivity index (χ0) is 34.0. The largest absolute Gasteiger partial charge is 0.480 e. The van der Waals surface area contributed by atoms with E-state index < -0.39 is 90.6 Å². The van der Waals surface area contributed by atoms with Crippen LogP contribution >= 0.6 is 11.8 Å². The molecule has 0 heterocycles. The Kier molecular flexibility index (Phi) is 19.0. The molecule has 0 rings (SSSR count). The van der Waals surface area contributed by atoms with Gasteiger partial charge in [-0.3, -0.25) is 33.6 Å². The number of aliphatic carboxylic acids is 1. The van der Waals surface area contributed by atoms with Crippen LogP contribution in [-0.2, 0) is 38.4 Å². The molecule has 0 aromatic carbocycles. The molecule has 250 valence electrons. The van der Waals surface area contributed by atoms with Crippen molar-refractivity contribution in [3.8, 4) is 0 Å². The summed E-state index contributed by atoms with van der Waals surface area (Å²) in [7, 11) is 0. The summed E-state index contributed by atoms with van der Waals surface area (Å²) in [5.74, 6) is -5.54. The Hall–Kier alpha value is -3.93. The molecular formula is C26H46N8O9S. The van der Waals surface area contributed by atoms with E-state index in [1.807, 2.05) is 13.8 Å². The fourth-order valence-electron chi connectivity index (χ4n) is 3.52. The van der Waals surface area contributed by atoms with Crippen LogP contribution in [0.3, 0.4) is 0 Å². The fourth-order valence-corrected chi connectivity index (χ4v) is 3.99. The SMILES string of the molecule is CSCC[C@H](NC(=O)CNC(=O)[C@H](C)NC(=O)[C@H](C)NC(=O)[C@H](CC(C)C)NC(=O)CNC(=O)[C@@H](N)CCC(N)=O)C(=O)O. The van der Waals surface area contributed by atoms with E-state index in [9.17, 15) is 43.5 Å². The Labute approximate surface area is 260 Å². The molecule has 0 bridgehead atoms. The molecule has 0 spiro atoms. The molecule has 0 aliphatic rings. The minimum Gasteiger partial charge on any atom is -0.480 e. The number of nitrogens with one attached hydrogen (secondary N) is 6. The van der Waals surface area contributed by atoms with Gasteiger partial charge >= 0.3 is 5.97 Å². The highest BCUT2D eigenvalue weighted by Gasteiger charge is 2.27. The fraction of sp³-hybridized carbons (Fsp3) is 0.692. The molecule has 0 aromatic rings. The topological polar surface area (TPSA) is 281 Å². The maximum absolute atomic E-state index is 12.9. The van der Waals surface area contributed by atoms with Gasteiger partial charge in [0.1, 0.15) is 24.2 Å². The van der Waals surface area contributed by atoms with Crippen molar-refractivity contribution in [3.63, 3.8) is 0 Å². The predicted octanol–water partition coefficient (Wildman–Crippen LogP) is -3.33. The maximum Gasteiger partial charge on any atom is 0.326 e. The van der Waals surface area contributed by atoms with E-state index in [4.69, 9.17) is 11.5 Å². The standard InChI is InChI=1S/C26H46N8O9S/c1-13(2)10-18(34-21(37)12-30-24(40)16(27)6-7-19(28)35)25(41)32-15(4)23(39)31-14(3)22(38)29-11-20(36)33-17(26(42)43)8-9-44-5/h13-18H,6-12,27H2,1-5H3,(H2,28,35)(H,29,38)(H,30,40)(H,31,39)(H,32,41)(H,33,36)(H,34,37)(H,42,43)/t14-,15-,16-,17-,18-/m0/s1. The molecule has 0 saturated heterocycles. The first-order chi connectivity index (χ1) is 20.5. The van der Waals surface area contributed by atoms with E-state index in [1.54, 1.807) is 6.26 Å². The van der Waals surface area contributed by atoms with Crippen LogP contribution in [0, 0.1) is 5.92 Å². The van der Waals surface area contributed by atoms with Gasteiger partial charge in [-0.05, 0) is 51.0 Å². The van der Waals surface area contributed by atoms with Gasteiger partial charge in [-0.2, -0.15) is 11.8 Å². The van der Waals surface area contributed by atoms with Crippen LogP contribution in [0.4, 0.5) is 0 Å². The average molecular weight is 647 g/mol. The van der Waals surface area contributed by atoms with E-state index in [1.165, 1.54) is 25.6 Å². The summed E-state index contributed by atoms with van der Waals surface area (Å²) < 4.78 is 0. The zero-order valence-corrected chi connectivity index (χ0v) is 26.5. The van der Waals surface area contributed by atoms with Crippen LogP contribution in [0.1, 0.15) is 53.4 Å². The molecule has 0 saturated carbocycles. The predicted molar refractivity (Wildman–Crippen MR) is 162 cm³/mol. The van der Waals surface area contributed by atoms with Crippen LogP contribution in [0.5, 0.6) is 0 Å². The number of carbonyl (C=O) groups is 8. The number of hydrogen-bond acceptors (Lipinski definition) is 10. The number of hydrogen-bond donors (Lipinski definition) is 9. The van der Waals surface area contributed by atoms with Crippen LogP contribution in [0.25, 0.3) is 0 Å². The van der Waals surface area contributed by atoms with Crippen LogP contribution in [0.2, 0.25) is 0 Å². The third-order valence-electron chi connectivity index (χ3n) is 5.99. The second-order valence-electron chi connectivity index (χ2n) is 10.5. The second-order valence-corrected chi connectivity index (χ2v) is 11.5. The van der Waals surface area contributed by atoms with Crippen molar-refractivity contribution >= 4 is 59.1 Å². The van der Waals surface area contributed by atoms with Gasteiger partial charge in [0.15, 0.2) is 0 Å². The van der Waals surface area contributed by atoms with Crippen molar-refractivity contribution in [1.29, 1.82) is 0 Å². The number of nitrogens with two attached hydrogens (primary N) is 2. The molecule has 17 nitrogen and oxygen atoms in total. The molecule has 5 atom stereocenters. The Bertz CT molecular complexity index is 1040. The molecule has 0 aliphatic heterocycles. The number of carboxylic acid groups (broad SMARTS) is 1. The number of amides is 7. The lowest BCUT2D eigenvalue weighted by Crippen LogP contribution is -2.56. The zero-order valence-electron chi connectivity index (χ0n) is 25.7. The number of carbonyl (C=O) groups excluding carboxylic acids is 7. The quantitative estimate of drug-likeness (QED) is 0.0595. The van der Waals surface area contributed by atoms with Gasteiger partial charge in [0, 0.05) is 6.42 Å². The summed E-state index contributed by atoms with van der Waals surface area (Å²) in [5, 5.41) is 23.5. The maximum atomic E-state index is 12.9. The summed E-state index contributed by atoms with van der Waals surface area (Å²) >= 11 is 1.42. The summed E-state index contributed by atoms with van der Waals surface area (Å²) in [6.45, 7) is 5.36. The minimum atomic E-state index is -1.20. The van der Waals surface area contributed by atoms with Crippen molar-refractivity contribution in [2.45, 2.75) is 83.6 Å². The molecule has 0 fully saturated rings. The first-order valence-electron chi connectivity index (χ1n) is 14.0. The smallest absolute Gasteiger partial charge is 0.326 e. The summed E-state index contributed by atoms with van der Waals surface area (Å²) in [5.41, 5.74) is 10.7. The van der Waals surface area contributed by atoms with Crippen LogP contribution in [0.15, 0.2) is 0 Å². The summed E-state index contributed by atoms with van der Waals surface area (Å²) in [4.78, 5) is 96.5. The molecule has 11 N–H and O–H groups in total. The molecule has 0 aliphatic carbocycles. The molecular weight excluding hydrogens is 600 g/mol. The Morgan fingerprint density at radius 1 is 0.705 bits per heavy atom. The molecule has 18 heteroatoms. The van der Waals surface area contributed by atoms with Gasteiger partial charge in [-0.25, -0.2) is 4.79 Å². The van der Waals surface area contributed by atoms with Gasteiger partial charge in [-0.1, -0.05) is 13.8 Å². The minimum absolute atomic E-state index is 0.00241. The van der Waals surface area contributed by atoms with Gasteiger partial charge in [0.2, 0.25) is 41.4 Å².